The number of rotatable bonds is 4. The summed E-state index contributed by atoms with van der Waals surface area (Å²) in [6, 6.07) is 0.847. The maximum Gasteiger partial charge on any atom is 0.389 e. The van der Waals surface area contributed by atoms with Crippen LogP contribution < -0.4 is 0 Å². The molecule has 1 heterocycles. The molecule has 0 unspecified atom stereocenters. The fourth-order valence-electron chi connectivity index (χ4n) is 1.02. The van der Waals surface area contributed by atoms with Crippen LogP contribution in [0.3, 0.4) is 0 Å². The van der Waals surface area contributed by atoms with Crippen LogP contribution in [-0.2, 0) is 4.79 Å². The van der Waals surface area contributed by atoms with Crippen molar-refractivity contribution in [3.8, 4) is 0 Å². The Kier molecular flexibility index (Phi) is 2.80. The van der Waals surface area contributed by atoms with Crippen LogP contribution in [-0.4, -0.2) is 25.8 Å². The number of carboxylic acids is 1. The molecule has 1 N–H and O–H groups in total. The van der Waals surface area contributed by atoms with E-state index in [1.54, 1.807) is 6.92 Å². The lowest BCUT2D eigenvalue weighted by Gasteiger charge is -2.03. The first-order chi connectivity index (χ1) is 6.50. The molecule has 0 aliphatic heterocycles. The Hall–Kier alpha value is -1.92. The third-order valence-electron chi connectivity index (χ3n) is 1.70. The van der Waals surface area contributed by atoms with Gasteiger partial charge in [0.15, 0.2) is 0 Å². The second kappa shape index (κ2) is 3.86. The third-order valence-corrected chi connectivity index (χ3v) is 1.70. The van der Waals surface area contributed by atoms with Crippen molar-refractivity contribution in [3.05, 3.63) is 22.4 Å². The van der Waals surface area contributed by atoms with E-state index in [1.807, 2.05) is 0 Å². The van der Waals surface area contributed by atoms with Crippen molar-refractivity contribution >= 4 is 11.8 Å². The Morgan fingerprint density at radius 2 is 2.50 bits per heavy atom. The molecule has 0 fully saturated rings. The SMILES string of the molecule is C[C@H](CC(=O)O)n1ccc([N+](=O)[O-])n1. The first-order valence-electron chi connectivity index (χ1n) is 3.92. The van der Waals surface area contributed by atoms with Gasteiger partial charge < -0.3 is 15.2 Å². The molecular formula is C7H9N3O4. The van der Waals surface area contributed by atoms with Crippen LogP contribution in [0.4, 0.5) is 5.82 Å². The van der Waals surface area contributed by atoms with Crippen LogP contribution in [0, 0.1) is 10.1 Å². The average molecular weight is 199 g/mol. The highest BCUT2D eigenvalue weighted by Crippen LogP contribution is 2.13. The molecule has 7 heteroatoms. The van der Waals surface area contributed by atoms with Crippen molar-refractivity contribution in [1.82, 2.24) is 9.78 Å². The summed E-state index contributed by atoms with van der Waals surface area (Å²) in [5.41, 5.74) is 0. The van der Waals surface area contributed by atoms with Crippen molar-refractivity contribution in [1.29, 1.82) is 0 Å². The molecule has 0 aliphatic rings. The predicted molar refractivity (Wildman–Crippen MR) is 45.8 cm³/mol. The summed E-state index contributed by atoms with van der Waals surface area (Å²) in [4.78, 5) is 20.0. The van der Waals surface area contributed by atoms with Gasteiger partial charge in [0.2, 0.25) is 0 Å². The molecule has 1 aromatic rings. The Labute approximate surface area is 79.1 Å². The predicted octanol–water partition coefficient (Wildman–Crippen LogP) is 0.827. The summed E-state index contributed by atoms with van der Waals surface area (Å²) in [5.74, 6) is -1.24. The number of carbonyl (C=O) groups is 1. The normalized spacial score (nSPS) is 12.4. The van der Waals surface area contributed by atoms with Crippen LogP contribution in [0.25, 0.3) is 0 Å². The van der Waals surface area contributed by atoms with Gasteiger partial charge in [0, 0.05) is 0 Å². The standard InChI is InChI=1S/C7H9N3O4/c1-5(4-7(11)12)9-3-2-6(8-9)10(13)14/h2-3,5H,4H2,1H3,(H,11,12)/t5-/m1/s1. The molecule has 0 spiro atoms. The lowest BCUT2D eigenvalue weighted by Crippen LogP contribution is -2.11. The van der Waals surface area contributed by atoms with E-state index < -0.39 is 10.9 Å². The Morgan fingerprint density at radius 1 is 1.86 bits per heavy atom. The second-order valence-corrected chi connectivity index (χ2v) is 2.86. The molecule has 1 atom stereocenters. The van der Waals surface area contributed by atoms with Crippen LogP contribution in [0.15, 0.2) is 12.3 Å². The molecule has 0 bridgehead atoms. The Balaban J connectivity index is 2.76. The van der Waals surface area contributed by atoms with Crippen molar-refractivity contribution in [2.45, 2.75) is 19.4 Å². The van der Waals surface area contributed by atoms with Gasteiger partial charge in [-0.3, -0.25) is 4.79 Å². The third kappa shape index (κ3) is 2.28. The number of nitrogens with zero attached hydrogens (tertiary/aromatic N) is 3. The van der Waals surface area contributed by atoms with Crippen LogP contribution in [0.5, 0.6) is 0 Å². The van der Waals surface area contributed by atoms with Gasteiger partial charge in [0.05, 0.1) is 29.8 Å². The van der Waals surface area contributed by atoms with Crippen molar-refractivity contribution in [2.24, 2.45) is 0 Å². The minimum atomic E-state index is -0.962. The lowest BCUT2D eigenvalue weighted by molar-refractivity contribution is -0.389. The zero-order valence-electron chi connectivity index (χ0n) is 7.45. The smallest absolute Gasteiger partial charge is 0.389 e. The van der Waals surface area contributed by atoms with Gasteiger partial charge >= 0.3 is 11.8 Å². The highest BCUT2D eigenvalue weighted by molar-refractivity contribution is 5.67. The second-order valence-electron chi connectivity index (χ2n) is 2.86. The maximum absolute atomic E-state index is 10.3. The van der Waals surface area contributed by atoms with E-state index in [1.165, 1.54) is 16.9 Å². The summed E-state index contributed by atoms with van der Waals surface area (Å²) in [5, 5.41) is 22.4. The molecule has 14 heavy (non-hydrogen) atoms. The molecule has 0 saturated carbocycles. The molecule has 1 rings (SSSR count). The van der Waals surface area contributed by atoms with Gasteiger partial charge in [-0.1, -0.05) is 0 Å². The van der Waals surface area contributed by atoms with Crippen molar-refractivity contribution in [3.63, 3.8) is 0 Å². The molecule has 0 saturated heterocycles. The van der Waals surface area contributed by atoms with Crippen LogP contribution in [0.2, 0.25) is 0 Å². The average Bonchev–Trinajstić information content (AvgIpc) is 2.50. The molecule has 1 aromatic heterocycles. The number of aromatic nitrogens is 2. The van der Waals surface area contributed by atoms with Gasteiger partial charge in [-0.25, -0.2) is 0 Å². The first kappa shape index (κ1) is 10.2. The van der Waals surface area contributed by atoms with Crippen molar-refractivity contribution in [2.75, 3.05) is 0 Å². The molecule has 0 aromatic carbocycles. The molecular weight excluding hydrogens is 190 g/mol. The fraction of sp³-hybridized carbons (Fsp3) is 0.429. The van der Waals surface area contributed by atoms with Crippen LogP contribution in [0.1, 0.15) is 19.4 Å². The van der Waals surface area contributed by atoms with E-state index in [2.05, 4.69) is 5.10 Å². The fourth-order valence-corrected chi connectivity index (χ4v) is 1.02. The number of hydrogen-bond donors (Lipinski definition) is 1. The van der Waals surface area contributed by atoms with E-state index in [9.17, 15) is 14.9 Å². The van der Waals surface area contributed by atoms with Gasteiger partial charge in [0.25, 0.3) is 0 Å². The largest absolute Gasteiger partial charge is 0.481 e. The highest BCUT2D eigenvalue weighted by atomic mass is 16.6. The van der Waals surface area contributed by atoms with E-state index in [4.69, 9.17) is 5.11 Å². The maximum atomic E-state index is 10.3. The zero-order valence-corrected chi connectivity index (χ0v) is 7.45. The summed E-state index contributed by atoms with van der Waals surface area (Å²) in [7, 11) is 0. The number of hydrogen-bond acceptors (Lipinski definition) is 4. The summed E-state index contributed by atoms with van der Waals surface area (Å²) in [6.07, 6.45) is 1.28. The van der Waals surface area contributed by atoms with Gasteiger partial charge in [-0.05, 0) is 11.8 Å². The molecule has 0 radical (unpaired) electrons. The summed E-state index contributed by atoms with van der Waals surface area (Å²) >= 11 is 0. The van der Waals surface area contributed by atoms with E-state index in [-0.39, 0.29) is 18.3 Å². The molecule has 0 amide bonds. The number of aliphatic carboxylic acids is 1. The topological polar surface area (TPSA) is 98.3 Å². The quantitative estimate of drug-likeness (QED) is 0.571. The van der Waals surface area contributed by atoms with E-state index >= 15 is 0 Å². The van der Waals surface area contributed by atoms with E-state index in [0.717, 1.165) is 0 Å². The minimum absolute atomic E-state index is 0.112. The molecule has 76 valence electrons. The minimum Gasteiger partial charge on any atom is -0.481 e. The lowest BCUT2D eigenvalue weighted by atomic mass is 10.2. The number of nitro groups is 1. The van der Waals surface area contributed by atoms with Gasteiger partial charge in [0.1, 0.15) is 0 Å². The summed E-state index contributed by atoms with van der Waals surface area (Å²) < 4.78 is 1.27. The Morgan fingerprint density at radius 3 is 2.93 bits per heavy atom. The van der Waals surface area contributed by atoms with Crippen LogP contribution >= 0.6 is 0 Å². The zero-order chi connectivity index (χ0) is 10.7. The van der Waals surface area contributed by atoms with E-state index in [0.29, 0.717) is 0 Å². The monoisotopic (exact) mass is 199 g/mol. The van der Waals surface area contributed by atoms with Gasteiger partial charge in [-0.15, -0.1) is 0 Å². The Bertz CT molecular complexity index is 360. The summed E-state index contributed by atoms with van der Waals surface area (Å²) in [6.45, 7) is 1.63. The first-order valence-corrected chi connectivity index (χ1v) is 3.92. The van der Waals surface area contributed by atoms with Crippen molar-refractivity contribution < 1.29 is 14.8 Å². The molecule has 0 aliphatic carbocycles. The number of carboxylic acid groups (broad SMARTS) is 1. The molecule has 7 nitrogen and oxygen atoms in total. The van der Waals surface area contributed by atoms with Gasteiger partial charge in [-0.2, -0.15) is 4.68 Å². The highest BCUT2D eigenvalue weighted by Gasteiger charge is 2.17.